The second kappa shape index (κ2) is 7.65. The van der Waals surface area contributed by atoms with E-state index in [2.05, 4.69) is 16.3 Å². The molecule has 0 radical (unpaired) electrons. The highest BCUT2D eigenvalue weighted by Crippen LogP contribution is 2.32. The van der Waals surface area contributed by atoms with Gasteiger partial charge in [-0.15, -0.1) is 10.2 Å². The molecule has 6 nitrogen and oxygen atoms in total. The van der Waals surface area contributed by atoms with E-state index in [9.17, 15) is 10.1 Å². The number of hydrogen-bond donors (Lipinski definition) is 0. The summed E-state index contributed by atoms with van der Waals surface area (Å²) in [6.45, 7) is 2.95. The molecule has 0 saturated carbocycles. The maximum Gasteiger partial charge on any atom is 0.253 e. The smallest absolute Gasteiger partial charge is 0.253 e. The average Bonchev–Trinajstić information content (AvgIpc) is 3.19. The maximum absolute atomic E-state index is 13.0. The van der Waals surface area contributed by atoms with Crippen molar-refractivity contribution in [3.63, 3.8) is 0 Å². The van der Waals surface area contributed by atoms with Crippen LogP contribution in [0.5, 0.6) is 0 Å². The minimum Gasteiger partial charge on any atom is -0.421 e. The number of nitrogens with zero attached hydrogens (tertiary/aromatic N) is 4. The van der Waals surface area contributed by atoms with Crippen molar-refractivity contribution in [1.29, 1.82) is 5.26 Å². The maximum atomic E-state index is 13.0. The predicted molar refractivity (Wildman–Crippen MR) is 104 cm³/mol. The number of aryl methyl sites for hydroxylation is 1. The first-order chi connectivity index (χ1) is 13.7. The third-order valence-corrected chi connectivity index (χ3v) is 5.00. The quantitative estimate of drug-likeness (QED) is 0.691. The number of likely N-dealkylation sites (tertiary alicyclic amines) is 1. The summed E-state index contributed by atoms with van der Waals surface area (Å²) in [4.78, 5) is 14.8. The van der Waals surface area contributed by atoms with E-state index in [0.717, 1.165) is 29.5 Å². The Morgan fingerprint density at radius 1 is 1.18 bits per heavy atom. The van der Waals surface area contributed by atoms with Gasteiger partial charge < -0.3 is 9.32 Å². The van der Waals surface area contributed by atoms with Gasteiger partial charge in [-0.3, -0.25) is 4.79 Å². The largest absolute Gasteiger partial charge is 0.421 e. The van der Waals surface area contributed by atoms with Crippen molar-refractivity contribution in [3.8, 4) is 28.7 Å². The van der Waals surface area contributed by atoms with Crippen molar-refractivity contribution in [2.75, 3.05) is 13.1 Å². The first-order valence-electron chi connectivity index (χ1n) is 9.34. The van der Waals surface area contributed by atoms with Crippen LogP contribution >= 0.6 is 0 Å². The molecular formula is C22H20N4O2. The molecule has 0 N–H and O–H groups in total. The molecular weight excluding hydrogens is 352 g/mol. The molecule has 4 rings (SSSR count). The molecule has 3 aromatic rings. The molecule has 1 saturated heterocycles. The highest BCUT2D eigenvalue weighted by molar-refractivity contribution is 5.96. The fourth-order valence-corrected chi connectivity index (χ4v) is 3.60. The molecule has 1 fully saturated rings. The Kier molecular flexibility index (Phi) is 4.90. The van der Waals surface area contributed by atoms with E-state index in [1.807, 2.05) is 48.5 Å². The highest BCUT2D eigenvalue weighted by atomic mass is 16.4. The zero-order chi connectivity index (χ0) is 19.5. The molecule has 1 aliphatic rings. The second-order valence-electron chi connectivity index (χ2n) is 6.97. The van der Waals surface area contributed by atoms with Crippen LogP contribution in [-0.2, 0) is 0 Å². The van der Waals surface area contributed by atoms with Crippen LogP contribution in [0.15, 0.2) is 52.9 Å². The van der Waals surface area contributed by atoms with Crippen molar-refractivity contribution in [3.05, 3.63) is 60.0 Å². The number of amides is 1. The first-order valence-corrected chi connectivity index (χ1v) is 9.34. The van der Waals surface area contributed by atoms with Gasteiger partial charge in [0, 0.05) is 31.1 Å². The molecule has 28 heavy (non-hydrogen) atoms. The van der Waals surface area contributed by atoms with Gasteiger partial charge in [0.05, 0.1) is 12.0 Å². The van der Waals surface area contributed by atoms with Crippen molar-refractivity contribution in [2.24, 2.45) is 5.92 Å². The topological polar surface area (TPSA) is 83.0 Å². The molecule has 2 heterocycles. The molecule has 140 valence electrons. The molecule has 2 aromatic carbocycles. The van der Waals surface area contributed by atoms with Gasteiger partial charge in [-0.05, 0) is 42.2 Å². The van der Waals surface area contributed by atoms with Crippen LogP contribution in [0.4, 0.5) is 0 Å². The van der Waals surface area contributed by atoms with Gasteiger partial charge >= 0.3 is 0 Å². The van der Waals surface area contributed by atoms with E-state index in [1.54, 1.807) is 11.8 Å². The summed E-state index contributed by atoms with van der Waals surface area (Å²) in [5.41, 5.74) is 3.28. The number of hydrogen-bond acceptors (Lipinski definition) is 5. The second-order valence-corrected chi connectivity index (χ2v) is 6.97. The Balaban J connectivity index is 1.67. The summed E-state index contributed by atoms with van der Waals surface area (Å²) in [6, 6.07) is 17.6. The highest BCUT2D eigenvalue weighted by Gasteiger charge is 2.24. The molecule has 0 spiro atoms. The number of carbonyl (C=O) groups is 1. The monoisotopic (exact) mass is 372 g/mol. The summed E-state index contributed by atoms with van der Waals surface area (Å²) < 4.78 is 5.60. The summed E-state index contributed by atoms with van der Waals surface area (Å²) in [6.07, 6.45) is 1.72. The van der Waals surface area contributed by atoms with Gasteiger partial charge in [0.25, 0.3) is 5.91 Å². The first kappa shape index (κ1) is 17.9. The van der Waals surface area contributed by atoms with Crippen molar-refractivity contribution in [2.45, 2.75) is 19.8 Å². The van der Waals surface area contributed by atoms with E-state index in [-0.39, 0.29) is 11.8 Å². The summed E-state index contributed by atoms with van der Waals surface area (Å²) in [5.74, 6) is 0.846. The lowest BCUT2D eigenvalue weighted by Gasteiger charge is -2.29. The number of benzene rings is 2. The zero-order valence-corrected chi connectivity index (χ0v) is 15.6. The van der Waals surface area contributed by atoms with Crippen LogP contribution < -0.4 is 0 Å². The SMILES string of the molecule is Cc1nnc(-c2ccccc2-c2cccc(C(=O)N3CCC[C@H](C#N)C3)c2)o1. The molecule has 1 aliphatic heterocycles. The fourth-order valence-electron chi connectivity index (χ4n) is 3.60. The van der Waals surface area contributed by atoms with Crippen molar-refractivity contribution < 1.29 is 9.21 Å². The summed E-state index contributed by atoms with van der Waals surface area (Å²) >= 11 is 0. The van der Waals surface area contributed by atoms with Gasteiger partial charge in [-0.1, -0.05) is 30.3 Å². The Hall–Kier alpha value is -3.46. The lowest BCUT2D eigenvalue weighted by molar-refractivity contribution is 0.0699. The number of nitriles is 1. The zero-order valence-electron chi connectivity index (χ0n) is 15.6. The van der Waals surface area contributed by atoms with E-state index >= 15 is 0 Å². The van der Waals surface area contributed by atoms with E-state index in [1.165, 1.54) is 0 Å². The van der Waals surface area contributed by atoms with Gasteiger partial charge in [0.15, 0.2) is 0 Å². The lowest BCUT2D eigenvalue weighted by Crippen LogP contribution is -2.39. The molecule has 0 bridgehead atoms. The van der Waals surface area contributed by atoms with Crippen molar-refractivity contribution >= 4 is 5.91 Å². The Labute approximate surface area is 163 Å². The van der Waals surface area contributed by atoms with Crippen molar-refractivity contribution in [1.82, 2.24) is 15.1 Å². The van der Waals surface area contributed by atoms with Crippen LogP contribution in [0.1, 0.15) is 29.1 Å². The van der Waals surface area contributed by atoms with Gasteiger partial charge in [-0.2, -0.15) is 5.26 Å². The molecule has 1 aromatic heterocycles. The minimum atomic E-state index is -0.0811. The van der Waals surface area contributed by atoms with Gasteiger partial charge in [0.2, 0.25) is 11.8 Å². The van der Waals surface area contributed by atoms with E-state index in [4.69, 9.17) is 4.42 Å². The molecule has 1 atom stereocenters. The van der Waals surface area contributed by atoms with Crippen LogP contribution in [0.3, 0.4) is 0 Å². The predicted octanol–water partition coefficient (Wildman–Crippen LogP) is 4.09. The Bertz CT molecular complexity index is 1050. The van der Waals surface area contributed by atoms with E-state index < -0.39 is 0 Å². The average molecular weight is 372 g/mol. The third-order valence-electron chi connectivity index (χ3n) is 5.00. The fraction of sp³-hybridized carbons (Fsp3) is 0.273. The summed E-state index contributed by atoms with van der Waals surface area (Å²) in [5, 5.41) is 17.2. The van der Waals surface area contributed by atoms with E-state index in [0.29, 0.717) is 30.4 Å². The van der Waals surface area contributed by atoms with Crippen LogP contribution in [0, 0.1) is 24.2 Å². The number of rotatable bonds is 3. The molecule has 6 heteroatoms. The van der Waals surface area contributed by atoms with Crippen LogP contribution in [0.25, 0.3) is 22.6 Å². The van der Waals surface area contributed by atoms with Gasteiger partial charge in [-0.25, -0.2) is 0 Å². The minimum absolute atomic E-state index is 0.0343. The Morgan fingerprint density at radius 3 is 2.75 bits per heavy atom. The third kappa shape index (κ3) is 3.52. The molecule has 0 aliphatic carbocycles. The van der Waals surface area contributed by atoms with Crippen LogP contribution in [-0.4, -0.2) is 34.1 Å². The molecule has 0 unspecified atom stereocenters. The number of aromatic nitrogens is 2. The summed E-state index contributed by atoms with van der Waals surface area (Å²) in [7, 11) is 0. The standard InChI is InChI=1S/C22H20N4O2/c1-15-24-25-21(28-15)20-10-3-2-9-19(20)17-7-4-8-18(12-17)22(27)26-11-5-6-16(13-23)14-26/h2-4,7-10,12,16H,5-6,11,14H2,1H3/t16-/m1/s1. The number of piperidine rings is 1. The van der Waals surface area contributed by atoms with Crippen LogP contribution in [0.2, 0.25) is 0 Å². The number of carbonyl (C=O) groups excluding carboxylic acids is 1. The molecule has 1 amide bonds. The lowest BCUT2D eigenvalue weighted by atomic mass is 9.96. The Morgan fingerprint density at radius 2 is 2.00 bits per heavy atom. The normalized spacial score (nSPS) is 16.6. The van der Waals surface area contributed by atoms with Gasteiger partial charge in [0.1, 0.15) is 0 Å².